The lowest BCUT2D eigenvalue weighted by atomic mass is 10.1. The summed E-state index contributed by atoms with van der Waals surface area (Å²) in [5.41, 5.74) is 1.46. The Morgan fingerprint density at radius 3 is 2.78 bits per heavy atom. The quantitative estimate of drug-likeness (QED) is 0.851. The Bertz CT molecular complexity index is 557. The average molecular weight is 259 g/mol. The lowest BCUT2D eigenvalue weighted by Crippen LogP contribution is -2.21. The maximum Gasteiger partial charge on any atom is 0.0389 e. The lowest BCUT2D eigenvalue weighted by Gasteiger charge is -2.13. The number of thiophene rings is 1. The highest BCUT2D eigenvalue weighted by Crippen LogP contribution is 2.38. The second-order valence-electron chi connectivity index (χ2n) is 5.69. The first kappa shape index (κ1) is 12.2. The van der Waals surface area contributed by atoms with Crippen molar-refractivity contribution in [3.05, 3.63) is 34.7 Å². The van der Waals surface area contributed by atoms with Crippen molar-refractivity contribution in [3.63, 3.8) is 0 Å². The minimum Gasteiger partial charge on any atom is -0.309 e. The van der Waals surface area contributed by atoms with Crippen molar-refractivity contribution in [2.45, 2.75) is 33.2 Å². The third-order valence-electron chi connectivity index (χ3n) is 4.24. The molecule has 2 aromatic rings. The molecule has 96 valence electrons. The van der Waals surface area contributed by atoms with Gasteiger partial charge in [-0.2, -0.15) is 0 Å². The molecule has 1 aliphatic carbocycles. The van der Waals surface area contributed by atoms with Crippen LogP contribution in [0.1, 0.15) is 36.8 Å². The maximum atomic E-state index is 3.70. The topological polar surface area (TPSA) is 12.0 Å². The predicted octanol–water partition coefficient (Wildman–Crippen LogP) is 4.52. The molecule has 3 unspecified atom stereocenters. The van der Waals surface area contributed by atoms with Gasteiger partial charge in [-0.05, 0) is 55.7 Å². The van der Waals surface area contributed by atoms with Gasteiger partial charge in [-0.3, -0.25) is 0 Å². The molecule has 3 rings (SSSR count). The number of benzene rings is 1. The largest absolute Gasteiger partial charge is 0.309 e. The third kappa shape index (κ3) is 2.19. The van der Waals surface area contributed by atoms with Crippen LogP contribution in [0.4, 0.5) is 0 Å². The lowest BCUT2D eigenvalue weighted by molar-refractivity contribution is 0.540. The molecule has 1 fully saturated rings. The zero-order valence-corrected chi connectivity index (χ0v) is 12.2. The minimum absolute atomic E-state index is 0.482. The van der Waals surface area contributed by atoms with Gasteiger partial charge in [0.2, 0.25) is 0 Å². The Balaban J connectivity index is 1.78. The van der Waals surface area contributed by atoms with Crippen LogP contribution in [0, 0.1) is 18.8 Å². The maximum absolute atomic E-state index is 3.70. The van der Waals surface area contributed by atoms with Crippen molar-refractivity contribution >= 4 is 21.4 Å². The molecule has 1 N–H and O–H groups in total. The SMILES string of the molecule is Cc1c(C(C)NCC2CC2C)sc2ccccc12. The molecule has 0 amide bonds. The van der Waals surface area contributed by atoms with Gasteiger partial charge in [0.05, 0.1) is 0 Å². The molecule has 2 heteroatoms. The summed E-state index contributed by atoms with van der Waals surface area (Å²) in [5.74, 6) is 1.86. The highest BCUT2D eigenvalue weighted by molar-refractivity contribution is 7.19. The van der Waals surface area contributed by atoms with Gasteiger partial charge in [-0.1, -0.05) is 25.1 Å². The van der Waals surface area contributed by atoms with Gasteiger partial charge in [-0.25, -0.2) is 0 Å². The smallest absolute Gasteiger partial charge is 0.0389 e. The minimum atomic E-state index is 0.482. The molecule has 0 radical (unpaired) electrons. The van der Waals surface area contributed by atoms with E-state index in [0.717, 1.165) is 11.8 Å². The number of rotatable bonds is 4. The zero-order chi connectivity index (χ0) is 12.7. The summed E-state index contributed by atoms with van der Waals surface area (Å²) < 4.78 is 1.42. The van der Waals surface area contributed by atoms with Gasteiger partial charge >= 0.3 is 0 Å². The molecule has 18 heavy (non-hydrogen) atoms. The van der Waals surface area contributed by atoms with E-state index in [2.05, 4.69) is 50.4 Å². The van der Waals surface area contributed by atoms with Crippen molar-refractivity contribution in [2.24, 2.45) is 11.8 Å². The number of hydrogen-bond acceptors (Lipinski definition) is 2. The first-order chi connectivity index (χ1) is 8.66. The van der Waals surface area contributed by atoms with Crippen LogP contribution in [0.5, 0.6) is 0 Å². The highest BCUT2D eigenvalue weighted by atomic mass is 32.1. The summed E-state index contributed by atoms with van der Waals surface area (Å²) in [4.78, 5) is 1.50. The molecule has 0 aliphatic heterocycles. The Labute approximate surface area is 113 Å². The van der Waals surface area contributed by atoms with E-state index in [1.807, 2.05) is 11.3 Å². The molecular weight excluding hydrogens is 238 g/mol. The molecule has 0 spiro atoms. The molecule has 1 heterocycles. The van der Waals surface area contributed by atoms with Crippen LogP contribution in [0.2, 0.25) is 0 Å². The number of fused-ring (bicyclic) bond motifs is 1. The summed E-state index contributed by atoms with van der Waals surface area (Å²) in [6.45, 7) is 8.08. The fourth-order valence-electron chi connectivity index (χ4n) is 2.71. The highest BCUT2D eigenvalue weighted by Gasteiger charge is 2.32. The monoisotopic (exact) mass is 259 g/mol. The van der Waals surface area contributed by atoms with Crippen molar-refractivity contribution in [1.29, 1.82) is 0 Å². The van der Waals surface area contributed by atoms with Crippen molar-refractivity contribution in [2.75, 3.05) is 6.54 Å². The third-order valence-corrected chi connectivity index (χ3v) is 5.69. The van der Waals surface area contributed by atoms with E-state index in [1.165, 1.54) is 33.5 Å². The Morgan fingerprint density at radius 1 is 1.39 bits per heavy atom. The first-order valence-electron chi connectivity index (χ1n) is 6.88. The predicted molar refractivity (Wildman–Crippen MR) is 80.3 cm³/mol. The molecular formula is C16H21NS. The first-order valence-corrected chi connectivity index (χ1v) is 7.70. The van der Waals surface area contributed by atoms with E-state index >= 15 is 0 Å². The van der Waals surface area contributed by atoms with Gasteiger partial charge in [-0.15, -0.1) is 11.3 Å². The number of hydrogen-bond donors (Lipinski definition) is 1. The zero-order valence-electron chi connectivity index (χ0n) is 11.4. The van der Waals surface area contributed by atoms with Gasteiger partial charge in [0.15, 0.2) is 0 Å². The standard InChI is InChI=1S/C16H21NS/c1-10-8-13(10)9-17-12(3)16-11(2)14-6-4-5-7-15(14)18-16/h4-7,10,12-13,17H,8-9H2,1-3H3. The summed E-state index contributed by atoms with van der Waals surface area (Å²) in [6, 6.07) is 9.21. The Kier molecular flexibility index (Phi) is 3.16. The van der Waals surface area contributed by atoms with Gasteiger partial charge in [0.25, 0.3) is 0 Å². The van der Waals surface area contributed by atoms with Crippen LogP contribution in [0.25, 0.3) is 10.1 Å². The van der Waals surface area contributed by atoms with E-state index in [9.17, 15) is 0 Å². The summed E-state index contributed by atoms with van der Waals surface area (Å²) in [6.07, 6.45) is 1.41. The molecule has 0 bridgehead atoms. The normalized spacial score (nSPS) is 24.4. The molecule has 3 atom stereocenters. The second-order valence-corrected chi connectivity index (χ2v) is 6.77. The van der Waals surface area contributed by atoms with E-state index in [0.29, 0.717) is 6.04 Å². The number of aryl methyl sites for hydroxylation is 1. The molecule has 1 nitrogen and oxygen atoms in total. The van der Waals surface area contributed by atoms with Crippen LogP contribution >= 0.6 is 11.3 Å². The van der Waals surface area contributed by atoms with Gasteiger partial charge in [0, 0.05) is 15.6 Å². The van der Waals surface area contributed by atoms with E-state index in [4.69, 9.17) is 0 Å². The van der Waals surface area contributed by atoms with E-state index in [1.54, 1.807) is 0 Å². The molecule has 1 aromatic heterocycles. The van der Waals surface area contributed by atoms with Crippen LogP contribution in [0.15, 0.2) is 24.3 Å². The fraction of sp³-hybridized carbons (Fsp3) is 0.500. The van der Waals surface area contributed by atoms with Crippen molar-refractivity contribution in [3.8, 4) is 0 Å². The molecule has 0 saturated heterocycles. The summed E-state index contributed by atoms with van der Waals surface area (Å²) >= 11 is 1.94. The van der Waals surface area contributed by atoms with E-state index in [-0.39, 0.29) is 0 Å². The average Bonchev–Trinajstić information content (AvgIpc) is 2.98. The molecule has 1 aromatic carbocycles. The summed E-state index contributed by atoms with van der Waals surface area (Å²) in [5, 5.41) is 5.13. The van der Waals surface area contributed by atoms with Crippen LogP contribution < -0.4 is 5.32 Å². The van der Waals surface area contributed by atoms with Crippen LogP contribution in [0.3, 0.4) is 0 Å². The summed E-state index contributed by atoms with van der Waals surface area (Å²) in [7, 11) is 0. The number of nitrogens with one attached hydrogen (secondary N) is 1. The van der Waals surface area contributed by atoms with Gasteiger partial charge < -0.3 is 5.32 Å². The van der Waals surface area contributed by atoms with Crippen molar-refractivity contribution in [1.82, 2.24) is 5.32 Å². The Morgan fingerprint density at radius 2 is 2.11 bits per heavy atom. The van der Waals surface area contributed by atoms with Crippen LogP contribution in [-0.2, 0) is 0 Å². The van der Waals surface area contributed by atoms with Crippen LogP contribution in [-0.4, -0.2) is 6.54 Å². The second kappa shape index (κ2) is 4.67. The molecule has 1 aliphatic rings. The van der Waals surface area contributed by atoms with E-state index < -0.39 is 0 Å². The van der Waals surface area contributed by atoms with Gasteiger partial charge in [0.1, 0.15) is 0 Å². The Hall–Kier alpha value is -0.860. The fourth-order valence-corrected chi connectivity index (χ4v) is 3.95. The van der Waals surface area contributed by atoms with Crippen molar-refractivity contribution < 1.29 is 0 Å². The molecule has 1 saturated carbocycles.